The van der Waals surface area contributed by atoms with Crippen molar-refractivity contribution in [3.05, 3.63) is 11.1 Å². The minimum Gasteiger partial charge on any atom is -0.487 e. The fraction of sp³-hybridized carbons (Fsp3) is 0.647. The first-order valence-corrected chi connectivity index (χ1v) is 8.96. The fourth-order valence-corrected chi connectivity index (χ4v) is 6.26. The lowest BCUT2D eigenvalue weighted by atomic mass is 9.44. The summed E-state index contributed by atoms with van der Waals surface area (Å²) < 4.78 is 6.44. The monoisotopic (exact) mass is 345 g/mol. The molecular formula is C17H27N7O. The van der Waals surface area contributed by atoms with E-state index in [1.165, 1.54) is 0 Å². The van der Waals surface area contributed by atoms with Gasteiger partial charge in [-0.1, -0.05) is 6.92 Å². The number of nitrogen functional groups attached to an aromatic ring is 3. The predicted octanol–water partition coefficient (Wildman–Crippen LogP) is -1.65. The van der Waals surface area contributed by atoms with Crippen molar-refractivity contribution in [2.45, 2.75) is 54.9 Å². The summed E-state index contributed by atoms with van der Waals surface area (Å²) in [5.74, 6) is 0.695. The number of hydrogen-bond donors (Lipinski definition) is 7. The Morgan fingerprint density at radius 1 is 1.12 bits per heavy atom. The molecule has 1 saturated heterocycles. The van der Waals surface area contributed by atoms with Crippen molar-refractivity contribution in [3.63, 3.8) is 0 Å². The lowest BCUT2D eigenvalue weighted by Crippen LogP contribution is -2.88. The van der Waals surface area contributed by atoms with E-state index in [1.54, 1.807) is 0 Å². The predicted molar refractivity (Wildman–Crippen MR) is 97.9 cm³/mol. The number of anilines is 3. The molecule has 5 rings (SSSR count). The number of nitrogens with two attached hydrogens (primary N) is 6. The molecule has 7 unspecified atom stereocenters. The van der Waals surface area contributed by atoms with Crippen LogP contribution >= 0.6 is 0 Å². The van der Waals surface area contributed by atoms with Crippen molar-refractivity contribution in [1.29, 1.82) is 0 Å². The average Bonchev–Trinajstić information content (AvgIpc) is 2.92. The van der Waals surface area contributed by atoms with Crippen LogP contribution in [0.4, 0.5) is 17.1 Å². The number of benzene rings is 1. The Kier molecular flexibility index (Phi) is 2.68. The van der Waals surface area contributed by atoms with Crippen LogP contribution in [0.2, 0.25) is 0 Å². The highest BCUT2D eigenvalue weighted by atomic mass is 16.5. The van der Waals surface area contributed by atoms with Crippen molar-refractivity contribution in [2.75, 3.05) is 23.7 Å². The molecule has 0 aromatic heterocycles. The quantitative estimate of drug-likeness (QED) is 0.273. The molecule has 2 fully saturated rings. The summed E-state index contributed by atoms with van der Waals surface area (Å²) in [6.07, 6.45) is 1.30. The zero-order chi connectivity index (χ0) is 17.9. The molecule has 7 atom stereocenters. The van der Waals surface area contributed by atoms with E-state index in [1.807, 2.05) is 0 Å². The van der Waals surface area contributed by atoms with Crippen LogP contribution in [0, 0.1) is 5.92 Å². The highest BCUT2D eigenvalue weighted by molar-refractivity contribution is 5.89. The molecular weight excluding hydrogens is 318 g/mol. The Bertz CT molecular complexity index is 798. The van der Waals surface area contributed by atoms with Crippen molar-refractivity contribution < 1.29 is 4.74 Å². The van der Waals surface area contributed by atoms with E-state index in [9.17, 15) is 0 Å². The number of piperidine rings is 1. The van der Waals surface area contributed by atoms with E-state index in [0.29, 0.717) is 29.2 Å². The maximum absolute atomic E-state index is 7.12. The van der Waals surface area contributed by atoms with Gasteiger partial charge in [0.25, 0.3) is 0 Å². The van der Waals surface area contributed by atoms with Crippen molar-refractivity contribution in [2.24, 2.45) is 23.1 Å². The number of ether oxygens (including phenoxy) is 1. The second-order valence-electron chi connectivity index (χ2n) is 8.29. The Morgan fingerprint density at radius 3 is 2.56 bits per heavy atom. The van der Waals surface area contributed by atoms with Gasteiger partial charge in [0.15, 0.2) is 0 Å². The molecule has 2 bridgehead atoms. The summed E-state index contributed by atoms with van der Waals surface area (Å²) in [5.41, 5.74) is 41.4. The zero-order valence-corrected chi connectivity index (χ0v) is 14.4. The second kappa shape index (κ2) is 4.32. The Labute approximate surface area is 146 Å². The van der Waals surface area contributed by atoms with E-state index in [0.717, 1.165) is 24.1 Å². The summed E-state index contributed by atoms with van der Waals surface area (Å²) in [5, 5.41) is 3.55. The van der Waals surface area contributed by atoms with Gasteiger partial charge in [-0.05, 0) is 24.9 Å². The van der Waals surface area contributed by atoms with Crippen molar-refractivity contribution in [1.82, 2.24) is 5.32 Å². The summed E-state index contributed by atoms with van der Waals surface area (Å²) in [6, 6.07) is -0.624. The van der Waals surface area contributed by atoms with Crippen LogP contribution in [0.1, 0.15) is 24.5 Å². The summed E-state index contributed by atoms with van der Waals surface area (Å²) in [7, 11) is 0. The Morgan fingerprint density at radius 2 is 1.84 bits per heavy atom. The number of hydrogen-bond acceptors (Lipinski definition) is 8. The minimum atomic E-state index is -0.713. The van der Waals surface area contributed by atoms with Crippen LogP contribution < -0.4 is 44.5 Å². The summed E-state index contributed by atoms with van der Waals surface area (Å²) in [4.78, 5) is 0. The van der Waals surface area contributed by atoms with Crippen LogP contribution in [0.5, 0.6) is 5.75 Å². The topological polar surface area (TPSA) is 177 Å². The van der Waals surface area contributed by atoms with E-state index >= 15 is 0 Å². The molecule has 0 radical (unpaired) electrons. The Hall–Kier alpha value is -1.74. The summed E-state index contributed by atoms with van der Waals surface area (Å²) in [6.45, 7) is 2.94. The second-order valence-corrected chi connectivity index (χ2v) is 8.29. The van der Waals surface area contributed by atoms with Gasteiger partial charge in [-0.15, -0.1) is 0 Å². The molecule has 1 spiro atoms. The van der Waals surface area contributed by atoms with Crippen LogP contribution in [0.3, 0.4) is 0 Å². The number of rotatable bonds is 0. The molecule has 2 aliphatic heterocycles. The van der Waals surface area contributed by atoms with Gasteiger partial charge in [0.2, 0.25) is 0 Å². The first kappa shape index (κ1) is 15.5. The maximum Gasteiger partial charge on any atom is 0.149 e. The lowest BCUT2D eigenvalue weighted by Gasteiger charge is -2.66. The third kappa shape index (κ3) is 1.35. The van der Waals surface area contributed by atoms with E-state index < -0.39 is 11.0 Å². The van der Waals surface area contributed by atoms with Gasteiger partial charge < -0.3 is 44.5 Å². The van der Waals surface area contributed by atoms with Gasteiger partial charge >= 0.3 is 0 Å². The third-order valence-corrected chi connectivity index (χ3v) is 7.57. The molecule has 1 aromatic carbocycles. The molecule has 136 valence electrons. The van der Waals surface area contributed by atoms with Crippen molar-refractivity contribution in [3.8, 4) is 5.75 Å². The number of nitrogens with one attached hydrogen (secondary N) is 1. The van der Waals surface area contributed by atoms with Crippen LogP contribution in [-0.2, 0) is 11.8 Å². The Balaban J connectivity index is 1.91. The lowest BCUT2D eigenvalue weighted by molar-refractivity contribution is -0.0665. The highest BCUT2D eigenvalue weighted by Gasteiger charge is 2.74. The van der Waals surface area contributed by atoms with Gasteiger partial charge in [-0.2, -0.15) is 0 Å². The third-order valence-electron chi connectivity index (χ3n) is 7.57. The maximum atomic E-state index is 7.12. The molecule has 4 aliphatic rings. The molecule has 1 saturated carbocycles. The first-order chi connectivity index (χ1) is 11.8. The van der Waals surface area contributed by atoms with Crippen LogP contribution in [0.15, 0.2) is 0 Å². The normalized spacial score (nSPS) is 46.5. The average molecular weight is 345 g/mol. The van der Waals surface area contributed by atoms with Crippen molar-refractivity contribution >= 4 is 17.1 Å². The molecule has 8 nitrogen and oxygen atoms in total. The molecule has 1 aromatic rings. The van der Waals surface area contributed by atoms with Gasteiger partial charge in [0, 0.05) is 29.6 Å². The van der Waals surface area contributed by atoms with E-state index in [4.69, 9.17) is 39.1 Å². The molecule has 25 heavy (non-hydrogen) atoms. The van der Waals surface area contributed by atoms with Crippen LogP contribution in [-0.4, -0.2) is 36.3 Å². The van der Waals surface area contributed by atoms with Gasteiger partial charge in [0.05, 0.1) is 28.0 Å². The minimum absolute atomic E-state index is 0.0234. The van der Waals surface area contributed by atoms with Gasteiger partial charge in [-0.3, -0.25) is 0 Å². The smallest absolute Gasteiger partial charge is 0.149 e. The first-order valence-electron chi connectivity index (χ1n) is 8.96. The zero-order valence-electron chi connectivity index (χ0n) is 14.4. The molecule has 2 aliphatic carbocycles. The van der Waals surface area contributed by atoms with Gasteiger partial charge in [0.1, 0.15) is 11.9 Å². The molecule has 0 amide bonds. The van der Waals surface area contributed by atoms with Gasteiger partial charge in [-0.25, -0.2) is 0 Å². The van der Waals surface area contributed by atoms with E-state index in [-0.39, 0.29) is 30.1 Å². The SMILES string of the molecule is CC1C(N)C(N)C2(N)C3Cc4c(N)c(N)c(N)c5c4C2(CCN3)C1O5. The standard InChI is InChI=1S/C17H27N7O/c1-5-9(18)14(22)17(23)7-4-6-8-13(12(21)11(20)10(6)19)25-15(5)16(8,17)2-3-24-7/h5,7,9,14-15,24H,2-4,18-23H2,1H3. The largest absolute Gasteiger partial charge is 0.487 e. The molecule has 13 N–H and O–H groups in total. The fourth-order valence-electron chi connectivity index (χ4n) is 6.26. The van der Waals surface area contributed by atoms with Crippen LogP contribution in [0.25, 0.3) is 0 Å². The molecule has 2 heterocycles. The molecule has 8 heteroatoms. The summed E-state index contributed by atoms with van der Waals surface area (Å²) >= 11 is 0. The van der Waals surface area contributed by atoms with E-state index in [2.05, 4.69) is 12.2 Å². The highest BCUT2D eigenvalue weighted by Crippen LogP contribution is 2.65.